The summed E-state index contributed by atoms with van der Waals surface area (Å²) in [7, 11) is 1.26. The minimum atomic E-state index is -4.60. The molecule has 0 saturated heterocycles. The molecule has 0 aromatic rings. The van der Waals surface area contributed by atoms with Gasteiger partial charge in [0, 0.05) is 6.42 Å². The second-order valence-corrected chi connectivity index (χ2v) is 24.9. The van der Waals surface area contributed by atoms with Crippen molar-refractivity contribution in [2.75, 3.05) is 40.9 Å². The molecular formula is C69H127N2O6P. The zero-order chi connectivity index (χ0) is 57.0. The van der Waals surface area contributed by atoms with Crippen molar-refractivity contribution in [1.29, 1.82) is 0 Å². The van der Waals surface area contributed by atoms with Crippen molar-refractivity contribution in [1.82, 2.24) is 5.32 Å². The maximum absolute atomic E-state index is 13.0. The number of rotatable bonds is 60. The molecule has 78 heavy (non-hydrogen) atoms. The number of phosphoric ester groups is 1. The number of likely N-dealkylation sites (N-methyl/N-ethyl adjacent to an activating group) is 1. The van der Waals surface area contributed by atoms with Crippen molar-refractivity contribution in [2.24, 2.45) is 0 Å². The van der Waals surface area contributed by atoms with E-state index >= 15 is 0 Å². The third kappa shape index (κ3) is 61.3. The Balaban J connectivity index is 4.08. The first-order valence-electron chi connectivity index (χ1n) is 32.9. The van der Waals surface area contributed by atoms with Gasteiger partial charge in [0.2, 0.25) is 5.91 Å². The Morgan fingerprint density at radius 2 is 0.782 bits per heavy atom. The molecule has 0 aromatic heterocycles. The lowest BCUT2D eigenvalue weighted by atomic mass is 10.0. The highest BCUT2D eigenvalue weighted by Gasteiger charge is 2.23. The van der Waals surface area contributed by atoms with E-state index in [0.29, 0.717) is 17.4 Å². The van der Waals surface area contributed by atoms with Crippen LogP contribution in [0.3, 0.4) is 0 Å². The predicted molar refractivity (Wildman–Crippen MR) is 339 cm³/mol. The lowest BCUT2D eigenvalue weighted by molar-refractivity contribution is -0.870. The Bertz CT molecular complexity index is 1550. The number of allylic oxidation sites excluding steroid dienone is 13. The number of amides is 1. The van der Waals surface area contributed by atoms with E-state index in [1.165, 1.54) is 199 Å². The van der Waals surface area contributed by atoms with Crippen LogP contribution in [0.2, 0.25) is 0 Å². The number of quaternary nitrogens is 1. The van der Waals surface area contributed by atoms with Crippen LogP contribution in [0.4, 0.5) is 0 Å². The molecule has 0 aromatic carbocycles. The Kier molecular flexibility index (Phi) is 57.5. The zero-order valence-electron chi connectivity index (χ0n) is 51.9. The fourth-order valence-electron chi connectivity index (χ4n) is 9.51. The number of nitrogens with zero attached hydrogens (tertiary/aromatic N) is 1. The molecule has 0 radical (unpaired) electrons. The van der Waals surface area contributed by atoms with Crippen molar-refractivity contribution in [3.8, 4) is 0 Å². The topological polar surface area (TPSA) is 108 Å². The summed E-state index contributed by atoms with van der Waals surface area (Å²) in [4.78, 5) is 25.6. The van der Waals surface area contributed by atoms with Crippen LogP contribution in [-0.4, -0.2) is 68.5 Å². The van der Waals surface area contributed by atoms with Gasteiger partial charge >= 0.3 is 0 Å². The maximum Gasteiger partial charge on any atom is 0.268 e. The molecule has 3 unspecified atom stereocenters. The van der Waals surface area contributed by atoms with Gasteiger partial charge in [-0.05, 0) is 70.6 Å². The minimum Gasteiger partial charge on any atom is -0.756 e. The third-order valence-corrected chi connectivity index (χ3v) is 15.6. The number of hydrogen-bond acceptors (Lipinski definition) is 6. The summed E-state index contributed by atoms with van der Waals surface area (Å²) in [6.07, 6.45) is 83.9. The Labute approximate surface area is 484 Å². The fourth-order valence-corrected chi connectivity index (χ4v) is 10.2. The SMILES string of the molecule is CC/C=C\C/C=C\C/C=C\C/C=C\C/C=C\C/C=C\CCCCCCCCCCCCCCCCCCC(=O)NC(COP(=O)([O-])OCC[N+](C)(C)C)C(O)/C=C/CCCCCCCCCCCCCCCCCCCCC. The third-order valence-electron chi connectivity index (χ3n) is 14.6. The standard InChI is InChI=1S/C69H127N2O6P/c1-6-8-10-12-14-16-18-20-22-24-26-28-29-30-31-32-33-34-35-36-37-38-39-40-41-43-45-47-49-51-53-55-57-59-61-63-69(73)70-67(66-77-78(74,75)76-65-64-71(3,4)5)68(72)62-60-58-56-54-52-50-48-46-44-42-27-25-23-21-19-17-15-13-11-9-7-2/h8,10,14,16,20,22,26,28,30-31,33-34,60,62,67-68,72H,6-7,9,11-13,15,17-19,21,23-25,27,29,32,35-59,61,63-66H2,1-5H3,(H-,70,73,74,75)/b10-8-,16-14-,22-20-,28-26-,31-30-,34-33-,62-60+. The van der Waals surface area contributed by atoms with Crippen LogP contribution in [0.5, 0.6) is 0 Å². The molecule has 0 bridgehead atoms. The van der Waals surface area contributed by atoms with Gasteiger partial charge in [0.1, 0.15) is 13.2 Å². The molecule has 0 spiro atoms. The van der Waals surface area contributed by atoms with Crippen molar-refractivity contribution in [3.63, 3.8) is 0 Å². The van der Waals surface area contributed by atoms with Gasteiger partial charge in [-0.25, -0.2) is 0 Å². The number of unbranched alkanes of at least 4 members (excludes halogenated alkanes) is 35. The Hall–Kier alpha value is -2.32. The molecule has 1 amide bonds. The largest absolute Gasteiger partial charge is 0.756 e. The van der Waals surface area contributed by atoms with Crippen LogP contribution in [0.15, 0.2) is 85.1 Å². The van der Waals surface area contributed by atoms with Crippen molar-refractivity contribution in [2.45, 2.75) is 309 Å². The molecule has 0 aliphatic carbocycles. The Morgan fingerprint density at radius 3 is 1.14 bits per heavy atom. The first-order valence-corrected chi connectivity index (χ1v) is 34.4. The highest BCUT2D eigenvalue weighted by molar-refractivity contribution is 7.45. The molecule has 0 rings (SSSR count). The van der Waals surface area contributed by atoms with E-state index in [-0.39, 0.29) is 19.1 Å². The van der Waals surface area contributed by atoms with Crippen molar-refractivity contribution < 1.29 is 32.9 Å². The molecule has 0 heterocycles. The van der Waals surface area contributed by atoms with E-state index < -0.39 is 20.0 Å². The number of hydrogen-bond donors (Lipinski definition) is 2. The van der Waals surface area contributed by atoms with Gasteiger partial charge in [0.05, 0.1) is 39.9 Å². The van der Waals surface area contributed by atoms with E-state index in [4.69, 9.17) is 9.05 Å². The number of aliphatic hydroxyl groups is 1. The quantitative estimate of drug-likeness (QED) is 0.0272. The van der Waals surface area contributed by atoms with Crippen LogP contribution in [-0.2, 0) is 18.4 Å². The summed E-state index contributed by atoms with van der Waals surface area (Å²) in [6, 6.07) is -0.891. The number of nitrogens with one attached hydrogen (secondary N) is 1. The van der Waals surface area contributed by atoms with Crippen molar-refractivity contribution in [3.05, 3.63) is 85.1 Å². The van der Waals surface area contributed by atoms with Gasteiger partial charge in [0.15, 0.2) is 0 Å². The molecule has 8 nitrogen and oxygen atoms in total. The highest BCUT2D eigenvalue weighted by atomic mass is 31.2. The second kappa shape index (κ2) is 59.3. The van der Waals surface area contributed by atoms with Gasteiger partial charge in [-0.2, -0.15) is 0 Å². The van der Waals surface area contributed by atoms with Crippen LogP contribution in [0, 0.1) is 0 Å². The molecule has 0 saturated carbocycles. The summed E-state index contributed by atoms with van der Waals surface area (Å²) in [6.45, 7) is 4.56. The van der Waals surface area contributed by atoms with E-state index in [9.17, 15) is 19.4 Å². The van der Waals surface area contributed by atoms with E-state index in [2.05, 4.69) is 92.1 Å². The number of phosphoric acid groups is 1. The summed E-state index contributed by atoms with van der Waals surface area (Å²) in [5.74, 6) is -0.196. The second-order valence-electron chi connectivity index (χ2n) is 23.4. The number of aliphatic hydroxyl groups excluding tert-OH is 1. The average molecular weight is 1110 g/mol. The molecule has 0 fully saturated rings. The molecule has 0 aliphatic heterocycles. The van der Waals surface area contributed by atoms with Crippen LogP contribution in [0.25, 0.3) is 0 Å². The molecule has 3 atom stereocenters. The van der Waals surface area contributed by atoms with E-state index in [0.717, 1.165) is 77.0 Å². The molecule has 9 heteroatoms. The van der Waals surface area contributed by atoms with Gasteiger partial charge < -0.3 is 28.8 Å². The van der Waals surface area contributed by atoms with E-state index in [1.807, 2.05) is 27.2 Å². The average Bonchev–Trinajstić information content (AvgIpc) is 3.41. The van der Waals surface area contributed by atoms with Crippen LogP contribution < -0.4 is 10.2 Å². The normalized spacial score (nSPS) is 14.3. The lowest BCUT2D eigenvalue weighted by Gasteiger charge is -2.29. The van der Waals surface area contributed by atoms with Crippen LogP contribution in [0.1, 0.15) is 296 Å². The van der Waals surface area contributed by atoms with Gasteiger partial charge in [-0.3, -0.25) is 9.36 Å². The monoisotopic (exact) mass is 1110 g/mol. The lowest BCUT2D eigenvalue weighted by Crippen LogP contribution is -2.45. The predicted octanol–water partition coefficient (Wildman–Crippen LogP) is 20.1. The van der Waals surface area contributed by atoms with E-state index in [1.54, 1.807) is 6.08 Å². The minimum absolute atomic E-state index is 0.00231. The molecular weight excluding hydrogens is 984 g/mol. The van der Waals surface area contributed by atoms with Crippen LogP contribution >= 0.6 is 7.82 Å². The van der Waals surface area contributed by atoms with Gasteiger partial charge in [0.25, 0.3) is 7.82 Å². The Morgan fingerprint density at radius 1 is 0.462 bits per heavy atom. The van der Waals surface area contributed by atoms with Crippen molar-refractivity contribution >= 4 is 13.7 Å². The zero-order valence-corrected chi connectivity index (χ0v) is 52.7. The number of carbonyl (C=O) groups excluding carboxylic acids is 1. The summed E-state index contributed by atoms with van der Waals surface area (Å²) in [5.41, 5.74) is 0. The highest BCUT2D eigenvalue weighted by Crippen LogP contribution is 2.38. The first-order chi connectivity index (χ1) is 38.0. The molecule has 2 N–H and O–H groups in total. The molecule has 0 aliphatic rings. The summed E-state index contributed by atoms with van der Waals surface area (Å²) < 4.78 is 23.4. The smallest absolute Gasteiger partial charge is 0.268 e. The number of carbonyl (C=O) groups is 1. The fraction of sp³-hybridized carbons (Fsp3) is 0.783. The first kappa shape index (κ1) is 75.7. The summed E-state index contributed by atoms with van der Waals surface area (Å²) >= 11 is 0. The van der Waals surface area contributed by atoms with Gasteiger partial charge in [-0.15, -0.1) is 0 Å². The maximum atomic E-state index is 13.0. The summed E-state index contributed by atoms with van der Waals surface area (Å²) in [5, 5.41) is 13.9. The molecule has 454 valence electrons. The van der Waals surface area contributed by atoms with Gasteiger partial charge in [-0.1, -0.05) is 304 Å².